The van der Waals surface area contributed by atoms with Gasteiger partial charge in [0.2, 0.25) is 5.88 Å². The van der Waals surface area contributed by atoms with Gasteiger partial charge in [0.15, 0.2) is 0 Å². The van der Waals surface area contributed by atoms with Crippen LogP contribution in [0.5, 0.6) is 5.88 Å². The van der Waals surface area contributed by atoms with E-state index in [-0.39, 0.29) is 6.10 Å². The zero-order chi connectivity index (χ0) is 23.7. The van der Waals surface area contributed by atoms with Gasteiger partial charge in [0.05, 0.1) is 12.0 Å². The molecule has 0 atom stereocenters. The molecule has 0 amide bonds. The molecule has 3 aromatic carbocycles. The van der Waals surface area contributed by atoms with Gasteiger partial charge in [0.1, 0.15) is 16.8 Å². The van der Waals surface area contributed by atoms with E-state index in [4.69, 9.17) is 21.3 Å². The summed E-state index contributed by atoms with van der Waals surface area (Å²) in [5.74, 6) is 0.563. The van der Waals surface area contributed by atoms with Gasteiger partial charge >= 0.3 is 0 Å². The van der Waals surface area contributed by atoms with Crippen molar-refractivity contribution in [3.63, 3.8) is 0 Å². The van der Waals surface area contributed by atoms with Crippen LogP contribution < -0.4 is 4.74 Å². The van der Waals surface area contributed by atoms with Gasteiger partial charge < -0.3 is 9.30 Å². The van der Waals surface area contributed by atoms with Crippen LogP contribution in [-0.4, -0.2) is 20.6 Å². The molecular weight excluding hydrogens is 454 g/mol. The third-order valence-electron chi connectivity index (χ3n) is 6.46. The quantitative estimate of drug-likeness (QED) is 0.187. The molecule has 0 aliphatic heterocycles. The van der Waals surface area contributed by atoms with Gasteiger partial charge in [-0.3, -0.25) is 0 Å². The van der Waals surface area contributed by atoms with E-state index < -0.39 is 5.54 Å². The third-order valence-corrected chi connectivity index (χ3v) is 6.74. The maximum atomic E-state index is 6.60. The molecule has 0 unspecified atom stereocenters. The summed E-state index contributed by atoms with van der Waals surface area (Å²) in [5, 5.41) is 0.387. The molecule has 0 saturated heterocycles. The number of imidazole rings is 1. The Hall–Kier alpha value is -3.89. The Morgan fingerprint density at radius 2 is 1.29 bits per heavy atom. The van der Waals surface area contributed by atoms with Crippen molar-refractivity contribution >= 4 is 11.6 Å². The normalized spacial score (nSPS) is 13.5. The Morgan fingerprint density at radius 3 is 1.77 bits per heavy atom. The average Bonchev–Trinajstić information content (AvgIpc) is 3.59. The molecule has 172 valence electrons. The fraction of sp³-hybridized carbons (Fsp3) is 0.133. The van der Waals surface area contributed by atoms with Crippen LogP contribution in [0.2, 0.25) is 5.15 Å². The second-order valence-electron chi connectivity index (χ2n) is 8.78. The van der Waals surface area contributed by atoms with Crippen LogP contribution in [0.15, 0.2) is 116 Å². The molecule has 1 aliphatic carbocycles. The molecule has 0 bridgehead atoms. The lowest BCUT2D eigenvalue weighted by Gasteiger charge is -2.37. The van der Waals surface area contributed by atoms with Crippen LogP contribution in [0.25, 0.3) is 11.3 Å². The summed E-state index contributed by atoms with van der Waals surface area (Å²) in [4.78, 5) is 9.26. The van der Waals surface area contributed by atoms with Crippen molar-refractivity contribution in [2.45, 2.75) is 24.5 Å². The minimum Gasteiger partial charge on any atom is -0.474 e. The van der Waals surface area contributed by atoms with Gasteiger partial charge in [-0.2, -0.15) is 0 Å². The number of benzene rings is 3. The summed E-state index contributed by atoms with van der Waals surface area (Å²) in [7, 11) is 0. The van der Waals surface area contributed by atoms with E-state index in [1.807, 2.05) is 36.7 Å². The van der Waals surface area contributed by atoms with Crippen molar-refractivity contribution in [2.75, 3.05) is 0 Å². The van der Waals surface area contributed by atoms with Crippen molar-refractivity contribution in [3.05, 3.63) is 137 Å². The Labute approximate surface area is 209 Å². The highest BCUT2D eigenvalue weighted by Gasteiger charge is 2.38. The number of hydrogen-bond donors (Lipinski definition) is 0. The molecule has 0 radical (unpaired) electrons. The molecule has 0 spiro atoms. The molecule has 1 fully saturated rings. The number of pyridine rings is 1. The average molecular weight is 478 g/mol. The fourth-order valence-electron chi connectivity index (χ4n) is 4.66. The summed E-state index contributed by atoms with van der Waals surface area (Å²) in [6, 6.07) is 35.4. The maximum absolute atomic E-state index is 6.60. The molecule has 4 nitrogen and oxygen atoms in total. The van der Waals surface area contributed by atoms with Crippen LogP contribution in [0, 0.1) is 0 Å². The highest BCUT2D eigenvalue weighted by atomic mass is 35.5. The van der Waals surface area contributed by atoms with E-state index in [1.54, 1.807) is 0 Å². The Bertz CT molecular complexity index is 1330. The Balaban J connectivity index is 1.53. The summed E-state index contributed by atoms with van der Waals surface area (Å²) < 4.78 is 7.98. The van der Waals surface area contributed by atoms with Crippen molar-refractivity contribution in [2.24, 2.45) is 0 Å². The van der Waals surface area contributed by atoms with Crippen molar-refractivity contribution < 1.29 is 4.74 Å². The van der Waals surface area contributed by atoms with E-state index in [2.05, 4.69) is 88.5 Å². The lowest BCUT2D eigenvalue weighted by atomic mass is 9.77. The maximum Gasteiger partial charge on any atom is 0.214 e. The van der Waals surface area contributed by atoms with Crippen molar-refractivity contribution in [1.29, 1.82) is 0 Å². The summed E-state index contributed by atoms with van der Waals surface area (Å²) >= 11 is 6.60. The largest absolute Gasteiger partial charge is 0.474 e. The van der Waals surface area contributed by atoms with Gasteiger partial charge in [0, 0.05) is 17.8 Å². The monoisotopic (exact) mass is 477 g/mol. The van der Waals surface area contributed by atoms with E-state index in [0.29, 0.717) is 11.0 Å². The highest BCUT2D eigenvalue weighted by Crippen LogP contribution is 2.41. The summed E-state index contributed by atoms with van der Waals surface area (Å²) in [6.07, 6.45) is 6.36. The Kier molecular flexibility index (Phi) is 5.59. The predicted octanol–water partition coefficient (Wildman–Crippen LogP) is 6.98. The molecule has 6 rings (SSSR count). The van der Waals surface area contributed by atoms with Crippen molar-refractivity contribution in [3.8, 4) is 17.1 Å². The smallest absolute Gasteiger partial charge is 0.214 e. The summed E-state index contributed by atoms with van der Waals surface area (Å²) in [6.45, 7) is 0. The molecule has 5 heteroatoms. The zero-order valence-corrected chi connectivity index (χ0v) is 19.8. The van der Waals surface area contributed by atoms with Gasteiger partial charge in [-0.1, -0.05) is 103 Å². The highest BCUT2D eigenvalue weighted by molar-refractivity contribution is 6.32. The first-order valence-corrected chi connectivity index (χ1v) is 12.2. The third kappa shape index (κ3) is 4.00. The second kappa shape index (κ2) is 9.05. The molecule has 2 aromatic heterocycles. The number of halogens is 1. The molecule has 2 heterocycles. The molecule has 35 heavy (non-hydrogen) atoms. The minimum absolute atomic E-state index is 0.270. The van der Waals surface area contributed by atoms with Crippen LogP contribution in [0.1, 0.15) is 29.5 Å². The summed E-state index contributed by atoms with van der Waals surface area (Å²) in [5.41, 5.74) is 4.32. The lowest BCUT2D eigenvalue weighted by molar-refractivity contribution is 0.291. The first-order chi connectivity index (χ1) is 17.2. The topological polar surface area (TPSA) is 39.9 Å². The standard InChI is InChI=1S/C30H24ClN3O/c31-29-26(18-19-28(33-29)35-25-16-17-25)27-20-34(21-32-27)30(22-10-4-1-5-11-22,23-12-6-2-7-13-23)24-14-8-3-9-15-24/h1-15,18-21,25H,16-17H2. The van der Waals surface area contributed by atoms with Crippen LogP contribution in [-0.2, 0) is 5.54 Å². The lowest BCUT2D eigenvalue weighted by Crippen LogP contribution is -2.36. The van der Waals surface area contributed by atoms with Crippen LogP contribution in [0.3, 0.4) is 0 Å². The molecule has 1 aliphatic rings. The number of ether oxygens (including phenoxy) is 1. The fourth-order valence-corrected chi connectivity index (χ4v) is 4.90. The predicted molar refractivity (Wildman–Crippen MR) is 139 cm³/mol. The zero-order valence-electron chi connectivity index (χ0n) is 19.1. The van der Waals surface area contributed by atoms with Gasteiger partial charge in [-0.05, 0) is 35.6 Å². The van der Waals surface area contributed by atoms with E-state index >= 15 is 0 Å². The van der Waals surface area contributed by atoms with Gasteiger partial charge in [-0.15, -0.1) is 0 Å². The first kappa shape index (κ1) is 21.6. The molecule has 5 aromatic rings. The first-order valence-electron chi connectivity index (χ1n) is 11.8. The van der Waals surface area contributed by atoms with Gasteiger partial charge in [0.25, 0.3) is 0 Å². The van der Waals surface area contributed by atoms with Gasteiger partial charge in [-0.25, -0.2) is 9.97 Å². The van der Waals surface area contributed by atoms with E-state index in [1.165, 1.54) is 0 Å². The van der Waals surface area contributed by atoms with Crippen molar-refractivity contribution in [1.82, 2.24) is 14.5 Å². The number of aromatic nitrogens is 3. The SMILES string of the molecule is Clc1nc(OC2CC2)ccc1-c1cn(C(c2ccccc2)(c2ccccc2)c2ccccc2)cn1. The van der Waals surface area contributed by atoms with E-state index in [0.717, 1.165) is 40.8 Å². The molecular formula is C30H24ClN3O. The Morgan fingerprint density at radius 1 is 0.743 bits per heavy atom. The number of nitrogens with zero attached hydrogens (tertiary/aromatic N) is 3. The van der Waals surface area contributed by atoms with Crippen LogP contribution >= 0.6 is 11.6 Å². The van der Waals surface area contributed by atoms with Crippen LogP contribution in [0.4, 0.5) is 0 Å². The minimum atomic E-state index is -0.621. The molecule has 1 saturated carbocycles. The number of hydrogen-bond acceptors (Lipinski definition) is 3. The van der Waals surface area contributed by atoms with E-state index in [9.17, 15) is 0 Å². The number of rotatable bonds is 7. The molecule has 0 N–H and O–H groups in total. The second-order valence-corrected chi connectivity index (χ2v) is 9.14.